The molecule has 0 aliphatic heterocycles. The Balaban J connectivity index is 2.03. The number of carbonyl (C=O) groups is 1. The molecule has 1 amide bonds. The molecule has 2 aromatic carbocycles. The second-order valence-corrected chi connectivity index (χ2v) is 7.53. The molecule has 0 fully saturated rings. The number of amides is 1. The van der Waals surface area contributed by atoms with E-state index in [4.69, 9.17) is 9.47 Å². The fourth-order valence-corrected chi connectivity index (χ4v) is 3.83. The first-order chi connectivity index (χ1) is 14.6. The topological polar surface area (TPSA) is 82.5 Å². The summed E-state index contributed by atoms with van der Waals surface area (Å²) in [5, 5.41) is 3.83. The van der Waals surface area contributed by atoms with Gasteiger partial charge >= 0.3 is 0 Å². The standard InChI is InChI=1S/C22H25N3O4S/c1-4-5-12-23-20(26)14-30-22-24-17-9-7-6-8-16(17)21(27)25(22)15-10-11-18(28-2)19(13-15)29-3/h6-11,13H,4-5,12,14H2,1-3H3,(H,23,26). The van der Waals surface area contributed by atoms with Gasteiger partial charge in [-0.25, -0.2) is 4.98 Å². The minimum absolute atomic E-state index is 0.0882. The van der Waals surface area contributed by atoms with Crippen molar-refractivity contribution in [3.8, 4) is 17.2 Å². The number of fused-ring (bicyclic) bond motifs is 1. The van der Waals surface area contributed by atoms with Crippen molar-refractivity contribution in [2.24, 2.45) is 0 Å². The number of rotatable bonds is 9. The molecule has 0 aliphatic rings. The number of aromatic nitrogens is 2. The van der Waals surface area contributed by atoms with Crippen LogP contribution in [0.4, 0.5) is 0 Å². The van der Waals surface area contributed by atoms with Crippen LogP contribution in [0.25, 0.3) is 16.6 Å². The normalized spacial score (nSPS) is 10.8. The monoisotopic (exact) mass is 427 g/mol. The van der Waals surface area contributed by atoms with Crippen LogP contribution in [0.1, 0.15) is 19.8 Å². The number of nitrogens with one attached hydrogen (secondary N) is 1. The van der Waals surface area contributed by atoms with Gasteiger partial charge in [-0.05, 0) is 30.7 Å². The summed E-state index contributed by atoms with van der Waals surface area (Å²) in [5.74, 6) is 1.15. The summed E-state index contributed by atoms with van der Waals surface area (Å²) in [5.41, 5.74) is 0.972. The summed E-state index contributed by atoms with van der Waals surface area (Å²) in [6.45, 7) is 2.71. The van der Waals surface area contributed by atoms with Crippen molar-refractivity contribution in [1.29, 1.82) is 0 Å². The van der Waals surface area contributed by atoms with E-state index in [1.807, 2.05) is 6.07 Å². The first kappa shape index (κ1) is 21.7. The second-order valence-electron chi connectivity index (χ2n) is 6.58. The van der Waals surface area contributed by atoms with Crippen LogP contribution in [0.2, 0.25) is 0 Å². The smallest absolute Gasteiger partial charge is 0.266 e. The van der Waals surface area contributed by atoms with Gasteiger partial charge in [0.1, 0.15) is 0 Å². The highest BCUT2D eigenvalue weighted by molar-refractivity contribution is 7.99. The number of carbonyl (C=O) groups excluding carboxylic acids is 1. The Morgan fingerprint density at radius 3 is 2.63 bits per heavy atom. The Labute approximate surface area is 179 Å². The van der Waals surface area contributed by atoms with Crippen molar-refractivity contribution < 1.29 is 14.3 Å². The van der Waals surface area contributed by atoms with Crippen LogP contribution in [-0.4, -0.2) is 42.0 Å². The summed E-state index contributed by atoms with van der Waals surface area (Å²) in [4.78, 5) is 30.1. The third kappa shape index (κ3) is 4.76. The molecule has 8 heteroatoms. The van der Waals surface area contributed by atoms with Crippen LogP contribution in [0.5, 0.6) is 11.5 Å². The highest BCUT2D eigenvalue weighted by atomic mass is 32.2. The van der Waals surface area contributed by atoms with Crippen LogP contribution in [-0.2, 0) is 4.79 Å². The van der Waals surface area contributed by atoms with Gasteiger partial charge < -0.3 is 14.8 Å². The van der Waals surface area contributed by atoms with Gasteiger partial charge in [0.15, 0.2) is 16.7 Å². The lowest BCUT2D eigenvalue weighted by molar-refractivity contribution is -0.118. The first-order valence-electron chi connectivity index (χ1n) is 9.72. The van der Waals surface area contributed by atoms with Crippen molar-refractivity contribution in [1.82, 2.24) is 14.9 Å². The van der Waals surface area contributed by atoms with Crippen LogP contribution in [0.15, 0.2) is 52.4 Å². The Bertz CT molecular complexity index is 1100. The predicted molar refractivity (Wildman–Crippen MR) is 119 cm³/mol. The van der Waals surface area contributed by atoms with Gasteiger partial charge in [-0.3, -0.25) is 14.2 Å². The number of methoxy groups -OCH3 is 2. The zero-order valence-electron chi connectivity index (χ0n) is 17.3. The van der Waals surface area contributed by atoms with Gasteiger partial charge in [0.2, 0.25) is 5.91 Å². The van der Waals surface area contributed by atoms with Crippen LogP contribution < -0.4 is 20.3 Å². The van der Waals surface area contributed by atoms with E-state index in [2.05, 4.69) is 17.2 Å². The van der Waals surface area contributed by atoms with Gasteiger partial charge in [0.05, 0.1) is 36.6 Å². The lowest BCUT2D eigenvalue weighted by Gasteiger charge is -2.15. The number of ether oxygens (including phenoxy) is 2. The highest BCUT2D eigenvalue weighted by Crippen LogP contribution is 2.30. The minimum Gasteiger partial charge on any atom is -0.493 e. The molecule has 0 spiro atoms. The molecule has 3 aromatic rings. The van der Waals surface area contributed by atoms with Gasteiger partial charge in [-0.2, -0.15) is 0 Å². The molecule has 0 unspecified atom stereocenters. The van der Waals surface area contributed by atoms with Crippen molar-refractivity contribution >= 4 is 28.6 Å². The molecule has 0 saturated heterocycles. The molecule has 30 heavy (non-hydrogen) atoms. The van der Waals surface area contributed by atoms with Gasteiger partial charge in [-0.1, -0.05) is 37.2 Å². The SMILES string of the molecule is CCCCNC(=O)CSc1nc2ccccc2c(=O)n1-c1ccc(OC)c(OC)c1. The second kappa shape index (κ2) is 10.2. The maximum atomic E-state index is 13.3. The summed E-state index contributed by atoms with van der Waals surface area (Å²) >= 11 is 1.23. The fourth-order valence-electron chi connectivity index (χ4n) is 2.99. The molecule has 3 rings (SSSR count). The molecule has 0 bridgehead atoms. The molecule has 7 nitrogen and oxygen atoms in total. The molecule has 158 valence electrons. The number of para-hydroxylation sites is 1. The summed E-state index contributed by atoms with van der Waals surface area (Å²) in [6, 6.07) is 12.4. The number of nitrogens with zero attached hydrogens (tertiary/aromatic N) is 2. The molecule has 1 aromatic heterocycles. The van der Waals surface area contributed by atoms with E-state index < -0.39 is 0 Å². The van der Waals surface area contributed by atoms with E-state index in [1.165, 1.54) is 16.3 Å². The highest BCUT2D eigenvalue weighted by Gasteiger charge is 2.16. The van der Waals surface area contributed by atoms with Crippen molar-refractivity contribution in [2.45, 2.75) is 24.9 Å². The van der Waals surface area contributed by atoms with E-state index in [-0.39, 0.29) is 17.2 Å². The molecule has 0 radical (unpaired) electrons. The quantitative estimate of drug-likeness (QED) is 0.320. The van der Waals surface area contributed by atoms with Crippen LogP contribution in [0, 0.1) is 0 Å². The zero-order chi connectivity index (χ0) is 21.5. The third-order valence-electron chi connectivity index (χ3n) is 4.56. The lowest BCUT2D eigenvalue weighted by atomic mass is 10.2. The van der Waals surface area contributed by atoms with E-state index in [9.17, 15) is 9.59 Å². The van der Waals surface area contributed by atoms with Gasteiger partial charge in [-0.15, -0.1) is 0 Å². The van der Waals surface area contributed by atoms with Crippen molar-refractivity contribution in [3.05, 3.63) is 52.8 Å². The molecule has 0 atom stereocenters. The summed E-state index contributed by atoms with van der Waals surface area (Å²) < 4.78 is 12.2. The Kier molecular flexibility index (Phi) is 7.35. The number of unbranched alkanes of at least 4 members (excludes halogenated alkanes) is 1. The molecular formula is C22H25N3O4S. The Morgan fingerprint density at radius 2 is 1.90 bits per heavy atom. The summed E-state index contributed by atoms with van der Waals surface area (Å²) in [7, 11) is 3.10. The summed E-state index contributed by atoms with van der Waals surface area (Å²) in [6.07, 6.45) is 1.94. The fraction of sp³-hybridized carbons (Fsp3) is 0.318. The van der Waals surface area contributed by atoms with E-state index in [1.54, 1.807) is 50.6 Å². The molecule has 0 saturated carbocycles. The number of hydrogen-bond donors (Lipinski definition) is 1. The number of hydrogen-bond acceptors (Lipinski definition) is 6. The van der Waals surface area contributed by atoms with Crippen LogP contribution >= 0.6 is 11.8 Å². The molecule has 1 N–H and O–H groups in total. The molecule has 0 aliphatic carbocycles. The lowest BCUT2D eigenvalue weighted by Crippen LogP contribution is -2.27. The third-order valence-corrected chi connectivity index (χ3v) is 5.49. The largest absolute Gasteiger partial charge is 0.493 e. The first-order valence-corrected chi connectivity index (χ1v) is 10.7. The van der Waals surface area contributed by atoms with Gasteiger partial charge in [0, 0.05) is 12.6 Å². The zero-order valence-corrected chi connectivity index (χ0v) is 18.1. The van der Waals surface area contributed by atoms with Crippen molar-refractivity contribution in [2.75, 3.05) is 26.5 Å². The minimum atomic E-state index is -0.207. The molecule has 1 heterocycles. The van der Waals surface area contributed by atoms with E-state index >= 15 is 0 Å². The van der Waals surface area contributed by atoms with Crippen molar-refractivity contribution in [3.63, 3.8) is 0 Å². The Hall–Kier alpha value is -3.00. The average molecular weight is 428 g/mol. The van der Waals surface area contributed by atoms with Crippen LogP contribution in [0.3, 0.4) is 0 Å². The van der Waals surface area contributed by atoms with E-state index in [0.717, 1.165) is 12.8 Å². The molecular weight excluding hydrogens is 402 g/mol. The average Bonchev–Trinajstić information content (AvgIpc) is 2.77. The Morgan fingerprint density at radius 1 is 1.13 bits per heavy atom. The number of thioether (sulfide) groups is 1. The number of benzene rings is 2. The van der Waals surface area contributed by atoms with Gasteiger partial charge in [0.25, 0.3) is 5.56 Å². The predicted octanol–water partition coefficient (Wildman–Crippen LogP) is 3.41. The van der Waals surface area contributed by atoms with E-state index in [0.29, 0.717) is 39.8 Å². The maximum Gasteiger partial charge on any atom is 0.266 e. The maximum absolute atomic E-state index is 13.3.